The van der Waals surface area contributed by atoms with Crippen molar-refractivity contribution in [2.75, 3.05) is 25.1 Å². The number of likely N-dealkylation sites (N-methyl/N-ethyl adjacent to an activating group) is 1. The van der Waals surface area contributed by atoms with Gasteiger partial charge in [0.1, 0.15) is 22.1 Å². The maximum atomic E-state index is 12.6. The molecule has 3 aliphatic rings. The number of halogens is 1. The summed E-state index contributed by atoms with van der Waals surface area (Å²) in [5.41, 5.74) is 2.03. The molecule has 4 rings (SSSR count). The predicted molar refractivity (Wildman–Crippen MR) is 118 cm³/mol. The van der Waals surface area contributed by atoms with Crippen molar-refractivity contribution in [2.24, 2.45) is 5.92 Å². The fourth-order valence-corrected chi connectivity index (χ4v) is 6.64. The summed E-state index contributed by atoms with van der Waals surface area (Å²) in [5.74, 6) is 1.20. The van der Waals surface area contributed by atoms with Crippen LogP contribution in [0.4, 0.5) is 5.69 Å². The van der Waals surface area contributed by atoms with Gasteiger partial charge in [0, 0.05) is 25.7 Å². The van der Waals surface area contributed by atoms with E-state index in [-0.39, 0.29) is 50.3 Å². The molecular weight excluding hydrogens is 469 g/mol. The first-order chi connectivity index (χ1) is 13.5. The van der Waals surface area contributed by atoms with Gasteiger partial charge in [-0.3, -0.25) is 14.6 Å². The molecule has 1 aromatic heterocycles. The number of carbonyl (C=O) groups is 2. The van der Waals surface area contributed by atoms with Crippen LogP contribution < -0.4 is 4.90 Å². The van der Waals surface area contributed by atoms with E-state index in [0.717, 1.165) is 27.3 Å². The highest BCUT2D eigenvalue weighted by atomic mass is 127. The summed E-state index contributed by atoms with van der Waals surface area (Å²) in [6.45, 7) is 4.30. The lowest BCUT2D eigenvalue weighted by atomic mass is 9.85. The topological polar surface area (TPSA) is 62.7 Å². The Hall–Kier alpha value is -2.03. The molecule has 0 spiro atoms. The van der Waals surface area contributed by atoms with E-state index >= 15 is 0 Å². The van der Waals surface area contributed by atoms with E-state index in [1.807, 2.05) is 31.3 Å². The zero-order valence-electron chi connectivity index (χ0n) is 16.3. The zero-order chi connectivity index (χ0) is 19.8. The minimum absolute atomic E-state index is 0.0634. The van der Waals surface area contributed by atoms with Crippen LogP contribution in [0.2, 0.25) is 0 Å². The van der Waals surface area contributed by atoms with E-state index in [4.69, 9.17) is 4.74 Å². The highest BCUT2D eigenvalue weighted by Gasteiger charge is 2.40. The summed E-state index contributed by atoms with van der Waals surface area (Å²) >= 11 is -0.361. The standard InChI is InChI=1S/C21H24IN3O3/c1-13(26)18-12-28-19-7-4-8-22-21(19)25(18)11-15-10-16-17(6-5-9-23-16)24(3)20(15)14(2)27/h4-9,15,18,20H,10-12H2,1-3H3. The molecule has 1 aromatic rings. The van der Waals surface area contributed by atoms with Gasteiger partial charge in [-0.25, -0.2) is 0 Å². The molecule has 0 aliphatic carbocycles. The smallest absolute Gasteiger partial charge is 0.155 e. The first-order valence-corrected chi connectivity index (χ1v) is 11.7. The Balaban J connectivity index is 1.70. The Morgan fingerprint density at radius 1 is 1.32 bits per heavy atom. The van der Waals surface area contributed by atoms with Crippen molar-refractivity contribution in [3.63, 3.8) is 0 Å². The number of hydrogen-bond donors (Lipinski definition) is 0. The van der Waals surface area contributed by atoms with Crippen LogP contribution in [0.1, 0.15) is 19.5 Å². The molecule has 0 N–H and O–H groups in total. The predicted octanol–water partition coefficient (Wildman–Crippen LogP) is 2.45. The molecule has 0 amide bonds. The first-order valence-electron chi connectivity index (χ1n) is 9.42. The maximum Gasteiger partial charge on any atom is 0.155 e. The van der Waals surface area contributed by atoms with Gasteiger partial charge in [-0.1, -0.05) is 26.8 Å². The van der Waals surface area contributed by atoms with Gasteiger partial charge >= 0.3 is 0 Å². The van der Waals surface area contributed by atoms with Crippen molar-refractivity contribution < 1.29 is 14.3 Å². The average Bonchev–Trinajstić information content (AvgIpc) is 2.68. The van der Waals surface area contributed by atoms with Crippen molar-refractivity contribution in [3.05, 3.63) is 45.6 Å². The lowest BCUT2D eigenvalue weighted by Crippen LogP contribution is -2.54. The normalized spacial score (nSPS) is 26.2. The Bertz CT molecular complexity index is 908. The Labute approximate surface area is 175 Å². The van der Waals surface area contributed by atoms with Gasteiger partial charge in [-0.2, -0.15) is 0 Å². The molecule has 7 heteroatoms. The Kier molecular flexibility index (Phi) is 5.35. The second-order valence-corrected chi connectivity index (χ2v) is 9.80. The van der Waals surface area contributed by atoms with Gasteiger partial charge in [0.15, 0.2) is 11.6 Å². The number of rotatable bonds is 4. The number of carbonyl (C=O) groups excluding carboxylic acids is 2. The van der Waals surface area contributed by atoms with Crippen molar-refractivity contribution in [1.82, 2.24) is 9.88 Å². The first kappa shape index (κ1) is 19.3. The molecule has 0 bridgehead atoms. The van der Waals surface area contributed by atoms with E-state index < -0.39 is 0 Å². The molecule has 3 aliphatic heterocycles. The number of nitrogens with zero attached hydrogens (tertiary/aromatic N) is 3. The summed E-state index contributed by atoms with van der Waals surface area (Å²) in [7, 11) is 1.97. The molecule has 0 aromatic carbocycles. The summed E-state index contributed by atoms with van der Waals surface area (Å²) < 4.78 is 9.20. The summed E-state index contributed by atoms with van der Waals surface area (Å²) in [5, 5.41) is 0. The van der Waals surface area contributed by atoms with Crippen molar-refractivity contribution >= 4 is 42.0 Å². The zero-order valence-corrected chi connectivity index (χ0v) is 18.4. The fraction of sp³-hybridized carbons (Fsp3) is 0.429. The molecule has 0 saturated heterocycles. The molecule has 4 heterocycles. The van der Waals surface area contributed by atoms with Crippen molar-refractivity contribution in [1.29, 1.82) is 0 Å². The number of fused-ring (bicyclic) bond motifs is 1. The molecule has 0 fully saturated rings. The second kappa shape index (κ2) is 7.77. The molecular formula is C21H24IN3O3. The van der Waals surface area contributed by atoms with Crippen LogP contribution in [-0.2, 0) is 20.7 Å². The number of anilines is 1. The van der Waals surface area contributed by atoms with Gasteiger partial charge in [0.25, 0.3) is 0 Å². The van der Waals surface area contributed by atoms with Gasteiger partial charge in [-0.15, -0.1) is 0 Å². The molecule has 0 saturated carbocycles. The van der Waals surface area contributed by atoms with Crippen LogP contribution in [0.5, 0.6) is 0 Å². The number of hydrogen-bond acceptors (Lipinski definition) is 6. The van der Waals surface area contributed by atoms with E-state index in [1.54, 1.807) is 20.0 Å². The Morgan fingerprint density at radius 2 is 2.14 bits per heavy atom. The fourth-order valence-electron chi connectivity index (χ4n) is 4.35. The second-order valence-electron chi connectivity index (χ2n) is 7.44. The Morgan fingerprint density at radius 3 is 2.89 bits per heavy atom. The molecule has 3 unspecified atom stereocenters. The van der Waals surface area contributed by atoms with E-state index in [2.05, 4.69) is 18.8 Å². The van der Waals surface area contributed by atoms with Gasteiger partial charge in [0.05, 0.1) is 17.4 Å². The third-order valence-corrected chi connectivity index (χ3v) is 8.11. The summed E-state index contributed by atoms with van der Waals surface area (Å²) in [6, 6.07) is 3.42. The van der Waals surface area contributed by atoms with Crippen LogP contribution in [0, 0.1) is 5.92 Å². The highest BCUT2D eigenvalue weighted by Crippen LogP contribution is 2.38. The molecule has 0 radical (unpaired) electrons. The number of allylic oxidation sites excluding steroid dienone is 2. The third kappa shape index (κ3) is 3.40. The van der Waals surface area contributed by atoms with Crippen molar-refractivity contribution in [3.8, 4) is 0 Å². The largest absolute Gasteiger partial charge is 0.488 e. The van der Waals surface area contributed by atoms with Gasteiger partial charge in [0.2, 0.25) is 0 Å². The molecule has 6 nitrogen and oxygen atoms in total. The SMILES string of the molecule is CC(=O)C1COC2=C(I=CC=C2)N1CC1Cc2ncccc2N(C)C1C(C)=O. The summed E-state index contributed by atoms with van der Waals surface area (Å²) in [4.78, 5) is 33.8. The van der Waals surface area contributed by atoms with Crippen molar-refractivity contribution in [2.45, 2.75) is 32.4 Å². The molecule has 28 heavy (non-hydrogen) atoms. The van der Waals surface area contributed by atoms with E-state index in [9.17, 15) is 9.59 Å². The van der Waals surface area contributed by atoms with Gasteiger partial charge < -0.3 is 14.5 Å². The lowest BCUT2D eigenvalue weighted by molar-refractivity contribution is -0.124. The quantitative estimate of drug-likeness (QED) is 0.475. The lowest BCUT2D eigenvalue weighted by Gasteiger charge is -2.45. The van der Waals surface area contributed by atoms with Gasteiger partial charge in [-0.05, 0) is 42.5 Å². The maximum absolute atomic E-state index is 12.6. The minimum atomic E-state index is -0.361. The summed E-state index contributed by atoms with van der Waals surface area (Å²) in [6.07, 6.45) is 6.55. The van der Waals surface area contributed by atoms with Crippen LogP contribution in [-0.4, -0.2) is 57.7 Å². The highest BCUT2D eigenvalue weighted by molar-refractivity contribution is 14.2. The van der Waals surface area contributed by atoms with Crippen LogP contribution in [0.25, 0.3) is 0 Å². The monoisotopic (exact) mass is 493 g/mol. The number of ketones is 2. The number of aromatic nitrogens is 1. The van der Waals surface area contributed by atoms with Crippen LogP contribution in [0.15, 0.2) is 39.9 Å². The third-order valence-electron chi connectivity index (χ3n) is 5.60. The minimum Gasteiger partial charge on any atom is -0.488 e. The van der Waals surface area contributed by atoms with E-state index in [1.165, 1.54) is 0 Å². The number of ether oxygens (including phenoxy) is 1. The number of Topliss-reactive ketones (excluding diaryl/α,β-unsaturated/α-hetero) is 2. The molecule has 148 valence electrons. The van der Waals surface area contributed by atoms with Crippen LogP contribution >= 0.6 is 20.7 Å². The number of pyridine rings is 1. The average molecular weight is 493 g/mol. The van der Waals surface area contributed by atoms with E-state index in [0.29, 0.717) is 13.2 Å². The van der Waals surface area contributed by atoms with Crippen LogP contribution in [0.3, 0.4) is 0 Å². The molecule has 3 atom stereocenters.